The van der Waals surface area contributed by atoms with E-state index >= 15 is 0 Å². The van der Waals surface area contributed by atoms with Crippen LogP contribution >= 0.6 is 23.4 Å². The smallest absolute Gasteiger partial charge is 0.369 e. The largest absolute Gasteiger partial charge is 0.405 e. The van der Waals surface area contributed by atoms with Gasteiger partial charge in [-0.25, -0.2) is 15.0 Å². The Labute approximate surface area is 180 Å². The van der Waals surface area contributed by atoms with Crippen LogP contribution in [0.3, 0.4) is 0 Å². The molecule has 0 saturated carbocycles. The zero-order valence-corrected chi connectivity index (χ0v) is 17.5. The minimum Gasteiger partial charge on any atom is -0.369 e. The summed E-state index contributed by atoms with van der Waals surface area (Å²) in [6, 6.07) is 2.52. The van der Waals surface area contributed by atoms with Crippen molar-refractivity contribution < 1.29 is 18.0 Å². The van der Waals surface area contributed by atoms with Gasteiger partial charge in [-0.2, -0.15) is 24.9 Å². The van der Waals surface area contributed by atoms with Gasteiger partial charge in [0.15, 0.2) is 0 Å². The Balaban J connectivity index is 1.75. The molecule has 0 aliphatic carbocycles. The van der Waals surface area contributed by atoms with E-state index in [1.807, 2.05) is 11.6 Å². The quantitative estimate of drug-likeness (QED) is 0.556. The summed E-state index contributed by atoms with van der Waals surface area (Å²) < 4.78 is 37.4. The minimum absolute atomic E-state index is 0.184. The molecule has 0 saturated heterocycles. The van der Waals surface area contributed by atoms with E-state index in [4.69, 9.17) is 11.6 Å². The Morgan fingerprint density at radius 1 is 1.43 bits per heavy atom. The Kier molecular flexibility index (Phi) is 7.24. The molecule has 0 aromatic carbocycles. The van der Waals surface area contributed by atoms with E-state index in [0.29, 0.717) is 41.2 Å². The predicted octanol–water partition coefficient (Wildman–Crippen LogP) is 3.29. The Bertz CT molecular complexity index is 900. The number of nitrogens with zero attached hydrogens (tertiary/aromatic N) is 3. The molecule has 1 amide bonds. The molecule has 0 spiro atoms. The van der Waals surface area contributed by atoms with Crippen molar-refractivity contribution in [1.82, 2.24) is 20.3 Å². The first-order chi connectivity index (χ1) is 14.3. The van der Waals surface area contributed by atoms with Gasteiger partial charge < -0.3 is 16.0 Å². The first-order valence-corrected chi connectivity index (χ1v) is 10.9. The molecule has 2 atom stereocenters. The molecule has 2 aromatic rings. The molecule has 2 aromatic heterocycles. The average Bonchev–Trinajstić information content (AvgIpc) is 3.12. The molecule has 3 heterocycles. The summed E-state index contributed by atoms with van der Waals surface area (Å²) in [5, 5.41) is 8.54. The van der Waals surface area contributed by atoms with E-state index in [9.17, 15) is 18.0 Å². The monoisotopic (exact) mass is 460 g/mol. The number of pyridine rings is 1. The van der Waals surface area contributed by atoms with Crippen LogP contribution in [0.2, 0.25) is 5.02 Å². The van der Waals surface area contributed by atoms with Crippen molar-refractivity contribution in [3.8, 4) is 0 Å². The van der Waals surface area contributed by atoms with Gasteiger partial charge in [0.2, 0.25) is 5.91 Å². The third kappa shape index (κ3) is 5.88. The number of aromatic nitrogens is 3. The number of carbonyl (C=O) groups excluding carboxylic acids is 1. The maximum absolute atomic E-state index is 12.5. The zero-order valence-electron chi connectivity index (χ0n) is 16.0. The van der Waals surface area contributed by atoms with Crippen LogP contribution in [0.5, 0.6) is 0 Å². The highest BCUT2D eigenvalue weighted by atomic mass is 35.5. The Morgan fingerprint density at radius 3 is 2.97 bits per heavy atom. The summed E-state index contributed by atoms with van der Waals surface area (Å²) in [7, 11) is 0. The van der Waals surface area contributed by atoms with Crippen molar-refractivity contribution in [2.45, 2.75) is 24.6 Å². The molecule has 30 heavy (non-hydrogen) atoms. The number of fused-ring (bicyclic) bond motifs is 1. The first-order valence-electron chi connectivity index (χ1n) is 9.09. The molecule has 1 unspecified atom stereocenters. The topological polar surface area (TPSA) is 91.8 Å². The maximum Gasteiger partial charge on any atom is 0.405 e. The molecule has 12 heteroatoms. The molecule has 3 rings (SSSR count). The molecule has 0 bridgehead atoms. The van der Waals surface area contributed by atoms with Crippen LogP contribution in [-0.4, -0.2) is 58.2 Å². The van der Waals surface area contributed by atoms with Gasteiger partial charge in [0.25, 0.3) is 0 Å². The van der Waals surface area contributed by atoms with Crippen molar-refractivity contribution in [3.63, 3.8) is 0 Å². The fourth-order valence-electron chi connectivity index (χ4n) is 3.02. The van der Waals surface area contributed by atoms with Gasteiger partial charge in [0.1, 0.15) is 30.0 Å². The number of anilines is 2. The van der Waals surface area contributed by atoms with Crippen molar-refractivity contribution in [2.24, 2.45) is 0 Å². The van der Waals surface area contributed by atoms with Crippen LogP contribution in [0.4, 0.5) is 24.8 Å². The predicted molar refractivity (Wildman–Crippen MR) is 111 cm³/mol. The first kappa shape index (κ1) is 22.4. The number of amides is 1. The second-order valence-corrected chi connectivity index (χ2v) is 8.06. The van der Waals surface area contributed by atoms with Crippen molar-refractivity contribution in [2.75, 3.05) is 35.7 Å². The number of hydrogen-bond acceptors (Lipinski definition) is 7. The highest BCUT2D eigenvalue weighted by Crippen LogP contribution is 2.34. The third-order valence-corrected chi connectivity index (χ3v) is 5.28. The molecule has 162 valence electrons. The molecular formula is C18H20ClF3N6OS. The number of thioether (sulfide) groups is 1. The minimum atomic E-state index is -4.47. The zero-order chi connectivity index (χ0) is 21.7. The van der Waals surface area contributed by atoms with Gasteiger partial charge >= 0.3 is 6.18 Å². The van der Waals surface area contributed by atoms with E-state index in [2.05, 4.69) is 25.6 Å². The van der Waals surface area contributed by atoms with E-state index in [-0.39, 0.29) is 5.92 Å². The Morgan fingerprint density at radius 2 is 2.23 bits per heavy atom. The van der Waals surface area contributed by atoms with Crippen molar-refractivity contribution in [3.05, 3.63) is 40.9 Å². The summed E-state index contributed by atoms with van der Waals surface area (Å²) in [6.07, 6.45) is 0.819. The van der Waals surface area contributed by atoms with Crippen molar-refractivity contribution >= 4 is 40.9 Å². The normalized spacial score (nSPS) is 16.5. The third-order valence-electron chi connectivity index (χ3n) is 4.43. The van der Waals surface area contributed by atoms with Gasteiger partial charge in [-0.15, -0.1) is 0 Å². The molecule has 3 N–H and O–H groups in total. The van der Waals surface area contributed by atoms with E-state index in [1.165, 1.54) is 11.8 Å². The number of carbonyl (C=O) groups is 1. The number of alkyl halides is 3. The maximum atomic E-state index is 12.5. The lowest BCUT2D eigenvalue weighted by atomic mass is 10.0. The van der Waals surface area contributed by atoms with Crippen molar-refractivity contribution in [1.29, 1.82) is 0 Å². The molecule has 1 aliphatic heterocycles. The Hall–Kier alpha value is -2.27. The molecule has 7 nitrogen and oxygen atoms in total. The lowest BCUT2D eigenvalue weighted by Gasteiger charge is -2.20. The number of nitrogens with one attached hydrogen (secondary N) is 3. The van der Waals surface area contributed by atoms with Gasteiger partial charge in [-0.1, -0.05) is 11.6 Å². The summed E-state index contributed by atoms with van der Waals surface area (Å²) in [4.78, 5) is 25.3. The number of halogens is 4. The van der Waals surface area contributed by atoms with Gasteiger partial charge in [-0.3, -0.25) is 4.79 Å². The van der Waals surface area contributed by atoms with Gasteiger partial charge in [0, 0.05) is 24.5 Å². The summed E-state index contributed by atoms with van der Waals surface area (Å²) in [5.41, 5.74) is 0.863. The fourth-order valence-corrected chi connectivity index (χ4v) is 3.66. The molecule has 0 fully saturated rings. The molecule has 0 radical (unpaired) electrons. The lowest BCUT2D eigenvalue weighted by Crippen LogP contribution is -2.44. The number of hydrogen-bond donors (Lipinski definition) is 3. The van der Waals surface area contributed by atoms with E-state index < -0.39 is 24.7 Å². The second-order valence-electron chi connectivity index (χ2n) is 6.64. The van der Waals surface area contributed by atoms with Gasteiger partial charge in [0.05, 0.1) is 10.9 Å². The van der Waals surface area contributed by atoms with E-state index in [0.717, 1.165) is 5.56 Å². The molecular weight excluding hydrogens is 441 g/mol. The average molecular weight is 461 g/mol. The van der Waals surface area contributed by atoms with Crippen LogP contribution < -0.4 is 16.0 Å². The summed E-state index contributed by atoms with van der Waals surface area (Å²) in [6.45, 7) is -0.843. The highest BCUT2D eigenvalue weighted by molar-refractivity contribution is 7.98. The number of rotatable bonds is 8. The van der Waals surface area contributed by atoms with Crippen LogP contribution in [-0.2, 0) is 4.79 Å². The highest BCUT2D eigenvalue weighted by Gasteiger charge is 2.30. The summed E-state index contributed by atoms with van der Waals surface area (Å²) in [5.74, 6) is 1.24. The van der Waals surface area contributed by atoms with Gasteiger partial charge in [-0.05, 0) is 30.6 Å². The fraction of sp³-hybridized carbons (Fsp3) is 0.444. The van der Waals surface area contributed by atoms with Crippen LogP contribution in [0.15, 0.2) is 24.5 Å². The standard InChI is InChI=1S/C18H20ClF3N6OS/c1-30-5-3-13(17(29)26-9-18(20,21)22)27-14-2-4-23-16(28-14)12-8-25-15-11(12)6-10(19)7-24-15/h2,4,6-7,12-13H,3,5,8-9H2,1H3,(H,24,25)(H,26,29)(H,23,27,28)/t12?,13-/m1/s1. The lowest BCUT2D eigenvalue weighted by molar-refractivity contribution is -0.138. The van der Waals surface area contributed by atoms with Crippen LogP contribution in [0, 0.1) is 0 Å². The van der Waals surface area contributed by atoms with Crippen LogP contribution in [0.1, 0.15) is 23.7 Å². The SMILES string of the molecule is CSCC[C@@H](Nc1ccnc(C2CNc3ncc(Cl)cc32)n1)C(=O)NCC(F)(F)F. The van der Waals surface area contributed by atoms with E-state index in [1.54, 1.807) is 24.5 Å². The second kappa shape index (κ2) is 9.69. The van der Waals surface area contributed by atoms with Crippen LogP contribution in [0.25, 0.3) is 0 Å². The summed E-state index contributed by atoms with van der Waals surface area (Å²) >= 11 is 7.55. The molecule has 1 aliphatic rings.